The van der Waals surface area contributed by atoms with E-state index in [1.807, 2.05) is 0 Å². The van der Waals surface area contributed by atoms with E-state index < -0.39 is 18.3 Å². The molecule has 11 atom stereocenters. The minimum atomic E-state index is -1.29. The Labute approximate surface area is 197 Å². The summed E-state index contributed by atoms with van der Waals surface area (Å²) < 4.78 is 13.3. The van der Waals surface area contributed by atoms with E-state index in [9.17, 15) is 24.8 Å². The highest BCUT2D eigenvalue weighted by Gasteiger charge is 2.61. The fourth-order valence-corrected chi connectivity index (χ4v) is 9.12. The number of aliphatic hydroxyl groups is 4. The monoisotopic (exact) mass is 460 g/mol. The molecule has 4 fully saturated rings. The SMILES string of the molecule is C[C@]12CC[C@H](O)C[C@@H]1CC[C@@H]1[C@@H]2CC[C@]2(C)[C@@H]([C@H](O)[C@@H](O)[C@@H](O)c3ccc(F)cc3)CC[C@@H]12. The molecule has 5 heteroatoms. The summed E-state index contributed by atoms with van der Waals surface area (Å²) in [5.41, 5.74) is 0.706. The van der Waals surface area contributed by atoms with E-state index >= 15 is 0 Å². The van der Waals surface area contributed by atoms with E-state index in [0.29, 0.717) is 34.7 Å². The Morgan fingerprint density at radius 1 is 0.848 bits per heavy atom. The highest BCUT2D eigenvalue weighted by atomic mass is 19.1. The van der Waals surface area contributed by atoms with Crippen molar-refractivity contribution >= 4 is 0 Å². The molecule has 0 heterocycles. The van der Waals surface area contributed by atoms with Gasteiger partial charge >= 0.3 is 0 Å². The molecule has 4 N–H and O–H groups in total. The van der Waals surface area contributed by atoms with Crippen molar-refractivity contribution in [1.82, 2.24) is 0 Å². The normalized spacial score (nSPS) is 45.4. The van der Waals surface area contributed by atoms with E-state index in [1.165, 1.54) is 37.1 Å². The summed E-state index contributed by atoms with van der Waals surface area (Å²) in [4.78, 5) is 0. The van der Waals surface area contributed by atoms with Gasteiger partial charge in [0, 0.05) is 0 Å². The number of halogens is 1. The van der Waals surface area contributed by atoms with Crippen molar-refractivity contribution in [3.8, 4) is 0 Å². The lowest BCUT2D eigenvalue weighted by atomic mass is 9.44. The largest absolute Gasteiger partial charge is 0.393 e. The van der Waals surface area contributed by atoms with Gasteiger partial charge in [-0.1, -0.05) is 26.0 Å². The molecule has 33 heavy (non-hydrogen) atoms. The Morgan fingerprint density at radius 2 is 1.52 bits per heavy atom. The second kappa shape index (κ2) is 8.58. The summed E-state index contributed by atoms with van der Waals surface area (Å²) in [5, 5.41) is 43.1. The fourth-order valence-electron chi connectivity index (χ4n) is 9.12. The zero-order chi connectivity index (χ0) is 23.5. The molecule has 184 valence electrons. The van der Waals surface area contributed by atoms with Gasteiger partial charge in [-0.2, -0.15) is 0 Å². The van der Waals surface area contributed by atoms with Crippen LogP contribution in [0.4, 0.5) is 4.39 Å². The van der Waals surface area contributed by atoms with Crippen molar-refractivity contribution in [3.63, 3.8) is 0 Å². The molecule has 0 spiro atoms. The third-order valence-corrected chi connectivity index (χ3v) is 11.0. The van der Waals surface area contributed by atoms with Crippen LogP contribution >= 0.6 is 0 Å². The van der Waals surface area contributed by atoms with Crippen LogP contribution in [0.15, 0.2) is 24.3 Å². The third-order valence-electron chi connectivity index (χ3n) is 11.0. The fraction of sp³-hybridized carbons (Fsp3) is 0.786. The number of hydrogen-bond donors (Lipinski definition) is 4. The average molecular weight is 461 g/mol. The van der Waals surface area contributed by atoms with Gasteiger partial charge in [-0.25, -0.2) is 4.39 Å². The molecule has 0 aliphatic heterocycles. The van der Waals surface area contributed by atoms with Crippen LogP contribution < -0.4 is 0 Å². The van der Waals surface area contributed by atoms with Crippen molar-refractivity contribution in [2.24, 2.45) is 40.4 Å². The Balaban J connectivity index is 1.33. The predicted octanol–water partition coefficient (Wildman–Crippen LogP) is 4.60. The van der Waals surface area contributed by atoms with E-state index in [4.69, 9.17) is 0 Å². The molecule has 1 aromatic carbocycles. The summed E-state index contributed by atoms with van der Waals surface area (Å²) in [6, 6.07) is 5.49. The number of fused-ring (bicyclic) bond motifs is 5. The first-order valence-corrected chi connectivity index (χ1v) is 13.1. The van der Waals surface area contributed by atoms with Crippen LogP contribution in [0.25, 0.3) is 0 Å². The molecule has 0 bridgehead atoms. The molecule has 4 aliphatic carbocycles. The van der Waals surface area contributed by atoms with Crippen LogP contribution in [0.2, 0.25) is 0 Å². The van der Waals surface area contributed by atoms with Crippen molar-refractivity contribution in [3.05, 3.63) is 35.6 Å². The number of rotatable bonds is 4. The molecule has 0 radical (unpaired) electrons. The lowest BCUT2D eigenvalue weighted by Crippen LogP contribution is -2.55. The van der Waals surface area contributed by atoms with Crippen LogP contribution in [-0.4, -0.2) is 38.7 Å². The van der Waals surface area contributed by atoms with Crippen LogP contribution in [-0.2, 0) is 0 Å². The topological polar surface area (TPSA) is 80.9 Å². The van der Waals surface area contributed by atoms with Crippen molar-refractivity contribution in [1.29, 1.82) is 0 Å². The Hall–Kier alpha value is -1.01. The van der Waals surface area contributed by atoms with Crippen LogP contribution in [0.1, 0.15) is 83.3 Å². The standard InChI is InChI=1S/C28H41FO4/c1-27-13-11-19(30)15-17(27)5-8-20-21-9-10-23(28(21,2)14-12-22(20)27)25(32)26(33)24(31)16-3-6-18(29)7-4-16/h3-4,6-7,17,19-26,30-33H,5,8-15H2,1-2H3/t17-,19-,20-,21-,22-,23+,24-,25-,26-,27-,28-/m0/s1. The molecule has 0 saturated heterocycles. The third kappa shape index (κ3) is 3.78. The maximum atomic E-state index is 13.3. The molecule has 5 rings (SSSR count). The molecule has 0 amide bonds. The van der Waals surface area contributed by atoms with Crippen molar-refractivity contribution in [2.75, 3.05) is 0 Å². The Morgan fingerprint density at radius 3 is 2.24 bits per heavy atom. The van der Waals surface area contributed by atoms with Crippen LogP contribution in [0, 0.1) is 46.2 Å². The molecule has 4 saturated carbocycles. The van der Waals surface area contributed by atoms with Crippen molar-refractivity contribution < 1.29 is 24.8 Å². The maximum Gasteiger partial charge on any atom is 0.123 e. The average Bonchev–Trinajstić information content (AvgIpc) is 3.15. The van der Waals surface area contributed by atoms with Gasteiger partial charge in [-0.15, -0.1) is 0 Å². The zero-order valence-corrected chi connectivity index (χ0v) is 20.0. The molecule has 0 unspecified atom stereocenters. The first kappa shape index (κ1) is 23.7. The number of aliphatic hydroxyl groups excluding tert-OH is 4. The van der Waals surface area contributed by atoms with E-state index in [1.54, 1.807) is 0 Å². The lowest BCUT2D eigenvalue weighted by Gasteiger charge is -2.61. The van der Waals surface area contributed by atoms with Gasteiger partial charge in [-0.05, 0) is 116 Å². The molecule has 1 aromatic rings. The van der Waals surface area contributed by atoms with E-state index in [-0.39, 0.29) is 23.3 Å². The zero-order valence-electron chi connectivity index (χ0n) is 20.0. The minimum Gasteiger partial charge on any atom is -0.393 e. The van der Waals surface area contributed by atoms with Gasteiger partial charge in [0.15, 0.2) is 0 Å². The van der Waals surface area contributed by atoms with Crippen molar-refractivity contribution in [2.45, 2.75) is 96.1 Å². The first-order chi connectivity index (χ1) is 15.6. The quantitative estimate of drug-likeness (QED) is 0.529. The molecule has 4 nitrogen and oxygen atoms in total. The van der Waals surface area contributed by atoms with Gasteiger partial charge < -0.3 is 20.4 Å². The highest BCUT2D eigenvalue weighted by Crippen LogP contribution is 2.68. The van der Waals surface area contributed by atoms with Gasteiger partial charge in [0.2, 0.25) is 0 Å². The Kier molecular flexibility index (Phi) is 6.17. The predicted molar refractivity (Wildman–Crippen MR) is 125 cm³/mol. The van der Waals surface area contributed by atoms with Gasteiger partial charge in [-0.3, -0.25) is 0 Å². The summed E-state index contributed by atoms with van der Waals surface area (Å²) >= 11 is 0. The van der Waals surface area contributed by atoms with Gasteiger partial charge in [0.1, 0.15) is 18.0 Å². The van der Waals surface area contributed by atoms with Gasteiger partial charge in [0.05, 0.1) is 12.2 Å². The summed E-state index contributed by atoms with van der Waals surface area (Å²) in [6.07, 6.45) is 5.89. The molecular weight excluding hydrogens is 419 g/mol. The second-order valence-electron chi connectivity index (χ2n) is 12.3. The smallest absolute Gasteiger partial charge is 0.123 e. The molecule has 0 aromatic heterocycles. The minimum absolute atomic E-state index is 0.0402. The van der Waals surface area contributed by atoms with E-state index in [0.717, 1.165) is 44.9 Å². The number of benzene rings is 1. The Bertz CT molecular complexity index is 845. The molecule has 4 aliphatic rings. The highest BCUT2D eigenvalue weighted by molar-refractivity contribution is 5.20. The van der Waals surface area contributed by atoms with E-state index in [2.05, 4.69) is 13.8 Å². The van der Waals surface area contributed by atoms with Crippen LogP contribution in [0.5, 0.6) is 0 Å². The summed E-state index contributed by atoms with van der Waals surface area (Å²) in [7, 11) is 0. The lowest BCUT2D eigenvalue weighted by molar-refractivity contribution is -0.147. The summed E-state index contributed by atoms with van der Waals surface area (Å²) in [6.45, 7) is 4.79. The first-order valence-electron chi connectivity index (χ1n) is 13.1. The van der Waals surface area contributed by atoms with Gasteiger partial charge in [0.25, 0.3) is 0 Å². The number of hydrogen-bond acceptors (Lipinski definition) is 4. The maximum absolute atomic E-state index is 13.3. The van der Waals surface area contributed by atoms with Crippen LogP contribution in [0.3, 0.4) is 0 Å². The second-order valence-corrected chi connectivity index (χ2v) is 12.3. The summed E-state index contributed by atoms with van der Waals surface area (Å²) in [5.74, 6) is 2.06. The molecular formula is C28H41FO4.